The van der Waals surface area contributed by atoms with Gasteiger partial charge >= 0.3 is 0 Å². The number of rotatable bonds is 4. The van der Waals surface area contributed by atoms with Crippen molar-refractivity contribution in [1.82, 2.24) is 5.32 Å². The highest BCUT2D eigenvalue weighted by molar-refractivity contribution is 6.30. The molecule has 126 valence electrons. The van der Waals surface area contributed by atoms with E-state index >= 15 is 0 Å². The number of carbonyl (C=O) groups is 1. The maximum Gasteiger partial charge on any atom is 0.255 e. The Morgan fingerprint density at radius 2 is 1.79 bits per heavy atom. The van der Waals surface area contributed by atoms with Crippen LogP contribution in [0.25, 0.3) is 0 Å². The minimum Gasteiger partial charge on any atom is -0.344 e. The number of hydrogen-bond acceptors (Lipinski definition) is 2. The predicted molar refractivity (Wildman–Crippen MR) is 99.4 cm³/mol. The van der Waals surface area contributed by atoms with Crippen LogP contribution in [0.15, 0.2) is 48.5 Å². The molecule has 1 aliphatic rings. The summed E-state index contributed by atoms with van der Waals surface area (Å²) in [5.41, 5.74) is 2.46. The lowest BCUT2D eigenvalue weighted by Crippen LogP contribution is -2.62. The van der Waals surface area contributed by atoms with Gasteiger partial charge in [0.2, 0.25) is 0 Å². The van der Waals surface area contributed by atoms with E-state index < -0.39 is 5.66 Å². The summed E-state index contributed by atoms with van der Waals surface area (Å²) in [5, 5.41) is 3.96. The molecule has 0 aromatic heterocycles. The molecular weight excluding hydrogens is 320 g/mol. The summed E-state index contributed by atoms with van der Waals surface area (Å²) in [6.07, 6.45) is 0.876. The monoisotopic (exact) mass is 342 g/mol. The van der Waals surface area contributed by atoms with Crippen molar-refractivity contribution in [2.75, 3.05) is 4.90 Å². The zero-order valence-electron chi connectivity index (χ0n) is 14.3. The van der Waals surface area contributed by atoms with E-state index in [4.69, 9.17) is 11.6 Å². The predicted octanol–water partition coefficient (Wildman–Crippen LogP) is 4.85. The zero-order chi connectivity index (χ0) is 17.3. The van der Waals surface area contributed by atoms with Crippen LogP contribution in [0, 0.1) is 5.92 Å². The van der Waals surface area contributed by atoms with E-state index in [1.807, 2.05) is 48.5 Å². The molecule has 3 rings (SSSR count). The van der Waals surface area contributed by atoms with Crippen LogP contribution in [0.2, 0.25) is 5.02 Å². The van der Waals surface area contributed by atoms with Gasteiger partial charge in [-0.05, 0) is 49.1 Å². The normalized spacial score (nSPS) is 20.0. The number of amides is 1. The molecule has 1 N–H and O–H groups in total. The molecule has 1 unspecified atom stereocenters. The number of anilines is 1. The van der Waals surface area contributed by atoms with Crippen molar-refractivity contribution in [3.05, 3.63) is 64.7 Å². The third kappa shape index (κ3) is 3.27. The third-order valence-electron chi connectivity index (χ3n) is 4.48. The molecule has 0 aliphatic carbocycles. The molecule has 4 heteroatoms. The van der Waals surface area contributed by atoms with Gasteiger partial charge in [-0.2, -0.15) is 0 Å². The molecule has 1 amide bonds. The first kappa shape index (κ1) is 16.8. The summed E-state index contributed by atoms with van der Waals surface area (Å²) in [6, 6.07) is 15.7. The summed E-state index contributed by atoms with van der Waals surface area (Å²) in [5.74, 6) is 0.467. The van der Waals surface area contributed by atoms with E-state index in [-0.39, 0.29) is 5.91 Å². The number of carbonyl (C=O) groups excluding carboxylic acids is 1. The number of benzene rings is 2. The number of halogens is 1. The molecule has 0 saturated carbocycles. The topological polar surface area (TPSA) is 32.3 Å². The van der Waals surface area contributed by atoms with Crippen molar-refractivity contribution >= 4 is 23.2 Å². The maximum atomic E-state index is 12.6. The fourth-order valence-corrected chi connectivity index (χ4v) is 3.66. The first-order chi connectivity index (χ1) is 11.4. The Morgan fingerprint density at radius 3 is 2.46 bits per heavy atom. The largest absolute Gasteiger partial charge is 0.344 e. The fourth-order valence-electron chi connectivity index (χ4n) is 3.53. The standard InChI is InChI=1S/C20H23ClN2O/c1-14(2)12-20(3)22-19(24)17-6-4-5-7-18(17)23(20)13-15-8-10-16(21)11-9-15/h4-11,14H,12-13H2,1-3H3,(H,22,24). The SMILES string of the molecule is CC(C)CC1(C)NC(=O)c2ccccc2N1Cc1ccc(Cl)cc1. The van der Waals surface area contributed by atoms with Crippen LogP contribution >= 0.6 is 11.6 Å². The Kier molecular flexibility index (Phi) is 4.55. The van der Waals surface area contributed by atoms with Crippen LogP contribution in [-0.4, -0.2) is 11.6 Å². The van der Waals surface area contributed by atoms with E-state index in [9.17, 15) is 4.79 Å². The lowest BCUT2D eigenvalue weighted by molar-refractivity contribution is 0.0873. The van der Waals surface area contributed by atoms with E-state index in [1.165, 1.54) is 5.56 Å². The molecule has 2 aromatic rings. The Hall–Kier alpha value is -2.00. The first-order valence-corrected chi connectivity index (χ1v) is 8.70. The van der Waals surface area contributed by atoms with Crippen molar-refractivity contribution in [2.24, 2.45) is 5.92 Å². The summed E-state index contributed by atoms with van der Waals surface area (Å²) >= 11 is 6.01. The van der Waals surface area contributed by atoms with Gasteiger partial charge in [-0.1, -0.05) is 49.7 Å². The Bertz CT molecular complexity index is 742. The van der Waals surface area contributed by atoms with E-state index in [2.05, 4.69) is 31.0 Å². The Balaban J connectivity index is 2.03. The lowest BCUT2D eigenvalue weighted by atomic mass is 9.91. The maximum absolute atomic E-state index is 12.6. The van der Waals surface area contributed by atoms with Gasteiger partial charge in [-0.3, -0.25) is 4.79 Å². The molecule has 3 nitrogen and oxygen atoms in total. The molecule has 0 radical (unpaired) electrons. The highest BCUT2D eigenvalue weighted by Crippen LogP contribution is 2.36. The smallest absolute Gasteiger partial charge is 0.255 e. The van der Waals surface area contributed by atoms with Crippen LogP contribution in [0.5, 0.6) is 0 Å². The molecule has 2 aromatic carbocycles. The van der Waals surface area contributed by atoms with Gasteiger partial charge in [0, 0.05) is 11.6 Å². The van der Waals surface area contributed by atoms with Crippen molar-refractivity contribution in [3.63, 3.8) is 0 Å². The van der Waals surface area contributed by atoms with Gasteiger partial charge in [0.05, 0.1) is 11.3 Å². The van der Waals surface area contributed by atoms with Crippen molar-refractivity contribution < 1.29 is 4.79 Å². The summed E-state index contributed by atoms with van der Waals surface area (Å²) < 4.78 is 0. The van der Waals surface area contributed by atoms with Crippen LogP contribution < -0.4 is 10.2 Å². The van der Waals surface area contributed by atoms with Crippen LogP contribution in [0.4, 0.5) is 5.69 Å². The fraction of sp³-hybridized carbons (Fsp3) is 0.350. The highest BCUT2D eigenvalue weighted by atomic mass is 35.5. The molecule has 0 fully saturated rings. The number of hydrogen-bond donors (Lipinski definition) is 1. The molecule has 0 spiro atoms. The van der Waals surface area contributed by atoms with E-state index in [0.29, 0.717) is 5.92 Å². The van der Waals surface area contributed by atoms with Gasteiger partial charge < -0.3 is 10.2 Å². The molecule has 0 saturated heterocycles. The van der Waals surface area contributed by atoms with Crippen LogP contribution in [0.3, 0.4) is 0 Å². The summed E-state index contributed by atoms with van der Waals surface area (Å²) in [7, 11) is 0. The lowest BCUT2D eigenvalue weighted by Gasteiger charge is -2.48. The van der Waals surface area contributed by atoms with Crippen LogP contribution in [-0.2, 0) is 6.54 Å². The van der Waals surface area contributed by atoms with Crippen LogP contribution in [0.1, 0.15) is 43.1 Å². The second-order valence-electron chi connectivity index (χ2n) is 7.06. The van der Waals surface area contributed by atoms with Crippen molar-refractivity contribution in [2.45, 2.75) is 39.4 Å². The van der Waals surface area contributed by atoms with E-state index in [1.54, 1.807) is 0 Å². The summed E-state index contributed by atoms with van der Waals surface area (Å²) in [6.45, 7) is 7.19. The number of para-hydroxylation sites is 1. The quantitative estimate of drug-likeness (QED) is 0.861. The molecule has 1 heterocycles. The van der Waals surface area contributed by atoms with Crippen molar-refractivity contribution in [3.8, 4) is 0 Å². The van der Waals surface area contributed by atoms with Crippen molar-refractivity contribution in [1.29, 1.82) is 0 Å². The third-order valence-corrected chi connectivity index (χ3v) is 4.73. The van der Waals surface area contributed by atoms with E-state index in [0.717, 1.165) is 29.2 Å². The Labute approximate surface area is 148 Å². The van der Waals surface area contributed by atoms with Gasteiger partial charge in [-0.15, -0.1) is 0 Å². The molecule has 24 heavy (non-hydrogen) atoms. The van der Waals surface area contributed by atoms with Gasteiger partial charge in [0.15, 0.2) is 0 Å². The number of nitrogens with one attached hydrogen (secondary N) is 1. The highest BCUT2D eigenvalue weighted by Gasteiger charge is 2.40. The zero-order valence-corrected chi connectivity index (χ0v) is 15.1. The average Bonchev–Trinajstić information content (AvgIpc) is 2.52. The van der Waals surface area contributed by atoms with Gasteiger partial charge in [0.25, 0.3) is 5.91 Å². The average molecular weight is 343 g/mol. The number of fused-ring (bicyclic) bond motifs is 1. The second kappa shape index (κ2) is 6.48. The summed E-state index contributed by atoms with van der Waals surface area (Å²) in [4.78, 5) is 14.9. The minimum absolute atomic E-state index is 0.00102. The molecule has 1 atom stereocenters. The van der Waals surface area contributed by atoms with Gasteiger partial charge in [-0.25, -0.2) is 0 Å². The minimum atomic E-state index is -0.417. The van der Waals surface area contributed by atoms with Gasteiger partial charge in [0.1, 0.15) is 5.66 Å². The molecular formula is C20H23ClN2O. The Morgan fingerprint density at radius 1 is 1.12 bits per heavy atom. The molecule has 1 aliphatic heterocycles. The first-order valence-electron chi connectivity index (χ1n) is 8.33. The number of nitrogens with zero attached hydrogens (tertiary/aromatic N) is 1. The second-order valence-corrected chi connectivity index (χ2v) is 7.49. The molecule has 0 bridgehead atoms.